The first-order valence-electron chi connectivity index (χ1n) is 16.8. The van der Waals surface area contributed by atoms with Gasteiger partial charge in [0.25, 0.3) is 0 Å². The van der Waals surface area contributed by atoms with Gasteiger partial charge in [-0.1, -0.05) is 67.9 Å². The van der Waals surface area contributed by atoms with E-state index in [-0.39, 0.29) is 44.4 Å². The second-order valence-electron chi connectivity index (χ2n) is 13.3. The fourth-order valence-electron chi connectivity index (χ4n) is 6.08. The summed E-state index contributed by atoms with van der Waals surface area (Å²) in [6.07, 6.45) is -0.902. The number of carbonyl (C=O) groups is 5. The third-order valence-corrected chi connectivity index (χ3v) is 9.33. The molecule has 49 heavy (non-hydrogen) atoms. The Bertz CT molecular complexity index is 1460. The van der Waals surface area contributed by atoms with Crippen molar-refractivity contribution in [2.45, 2.75) is 89.3 Å². The summed E-state index contributed by atoms with van der Waals surface area (Å²) in [6.45, 7) is 5.06. The Morgan fingerprint density at radius 2 is 1.65 bits per heavy atom. The summed E-state index contributed by atoms with van der Waals surface area (Å²) in [4.78, 5) is 70.8. The minimum absolute atomic E-state index is 0.0136. The van der Waals surface area contributed by atoms with Crippen LogP contribution in [0.15, 0.2) is 54.6 Å². The number of hydrogen-bond acceptors (Lipinski definition) is 7. The molecule has 4 rings (SSSR count). The quantitative estimate of drug-likeness (QED) is 0.344. The zero-order valence-corrected chi connectivity index (χ0v) is 29.3. The van der Waals surface area contributed by atoms with Crippen LogP contribution in [0.25, 0.3) is 0 Å². The zero-order valence-electron chi connectivity index (χ0n) is 28.6. The standard InChI is InChI=1S/C36H48ClN5O7/c1-22(2)18-29-36(48)41(4)23(3)34(46)40-28(19-25-8-6-5-7-9-25)35(47)39-27-16-17-49-30(33(27)45)20-42(21-31(43)38-29)32(44)15-12-24-10-13-26(37)14-11-24/h5-11,13-14,22-23,27-30,33,45H,12,15-21H2,1-4H3,(H,38,43)(H,39,47)(H,40,46)/t23-,27-,28-,29+,30+,33-/m0/s1. The Labute approximate surface area is 292 Å². The zero-order chi connectivity index (χ0) is 35.7. The van der Waals surface area contributed by atoms with Crippen molar-refractivity contribution in [3.05, 3.63) is 70.7 Å². The lowest BCUT2D eigenvalue weighted by Gasteiger charge is -2.38. The highest BCUT2D eigenvalue weighted by molar-refractivity contribution is 6.30. The van der Waals surface area contributed by atoms with Crippen LogP contribution in [-0.2, 0) is 41.6 Å². The van der Waals surface area contributed by atoms with E-state index in [1.165, 1.54) is 16.8 Å². The largest absolute Gasteiger partial charge is 0.388 e. The predicted octanol–water partition coefficient (Wildman–Crippen LogP) is 1.85. The van der Waals surface area contributed by atoms with Crippen molar-refractivity contribution in [3.63, 3.8) is 0 Å². The number of likely N-dealkylation sites (N-methyl/N-ethyl adjacent to an activating group) is 1. The molecule has 2 fully saturated rings. The molecule has 4 N–H and O–H groups in total. The van der Waals surface area contributed by atoms with E-state index in [4.69, 9.17) is 16.3 Å². The molecule has 5 amide bonds. The van der Waals surface area contributed by atoms with Crippen LogP contribution < -0.4 is 16.0 Å². The van der Waals surface area contributed by atoms with Gasteiger partial charge in [0.15, 0.2) is 0 Å². The minimum Gasteiger partial charge on any atom is -0.388 e. The van der Waals surface area contributed by atoms with Crippen molar-refractivity contribution in [1.82, 2.24) is 25.8 Å². The summed E-state index contributed by atoms with van der Waals surface area (Å²) < 4.78 is 5.90. The second-order valence-corrected chi connectivity index (χ2v) is 13.8. The van der Waals surface area contributed by atoms with Crippen LogP contribution in [-0.4, -0.2) is 108 Å². The number of halogens is 1. The van der Waals surface area contributed by atoms with Gasteiger partial charge in [-0.2, -0.15) is 0 Å². The maximum Gasteiger partial charge on any atom is 0.245 e. The molecule has 0 spiro atoms. The number of nitrogens with one attached hydrogen (secondary N) is 3. The molecule has 0 unspecified atom stereocenters. The molecule has 2 aromatic rings. The van der Waals surface area contributed by atoms with E-state index in [0.717, 1.165) is 11.1 Å². The highest BCUT2D eigenvalue weighted by atomic mass is 35.5. The Morgan fingerprint density at radius 3 is 2.33 bits per heavy atom. The number of amides is 5. The van der Waals surface area contributed by atoms with Gasteiger partial charge in [0.05, 0.1) is 19.1 Å². The van der Waals surface area contributed by atoms with Gasteiger partial charge in [-0.05, 0) is 55.4 Å². The molecule has 2 bridgehead atoms. The summed E-state index contributed by atoms with van der Waals surface area (Å²) >= 11 is 6.01. The van der Waals surface area contributed by atoms with Gasteiger partial charge in [0.2, 0.25) is 29.5 Å². The molecule has 2 saturated heterocycles. The van der Waals surface area contributed by atoms with E-state index >= 15 is 0 Å². The molecule has 2 heterocycles. The Morgan fingerprint density at radius 1 is 0.959 bits per heavy atom. The van der Waals surface area contributed by atoms with Gasteiger partial charge < -0.3 is 35.6 Å². The van der Waals surface area contributed by atoms with E-state index in [1.54, 1.807) is 19.1 Å². The molecule has 13 heteroatoms. The number of aryl methyl sites for hydroxylation is 1. The van der Waals surface area contributed by atoms with Crippen molar-refractivity contribution >= 4 is 41.1 Å². The van der Waals surface area contributed by atoms with E-state index in [0.29, 0.717) is 24.3 Å². The third kappa shape index (κ3) is 10.7. The van der Waals surface area contributed by atoms with E-state index < -0.39 is 60.0 Å². The van der Waals surface area contributed by atoms with Crippen LogP contribution >= 0.6 is 11.6 Å². The maximum absolute atomic E-state index is 13.8. The van der Waals surface area contributed by atoms with Crippen LogP contribution in [0, 0.1) is 5.92 Å². The van der Waals surface area contributed by atoms with E-state index in [1.807, 2.05) is 56.3 Å². The summed E-state index contributed by atoms with van der Waals surface area (Å²) in [6, 6.07) is 12.6. The van der Waals surface area contributed by atoms with Crippen LogP contribution in [0.3, 0.4) is 0 Å². The Balaban J connectivity index is 1.65. The SMILES string of the molecule is CC(C)C[C@H]1NC(=O)CN(C(=O)CCc2ccc(Cl)cc2)C[C@H]2OCC[C@H](NC(=O)[C@H](Cc3ccccc3)NC(=O)[C@H](C)N(C)C1=O)[C@@H]2O. The lowest BCUT2D eigenvalue weighted by atomic mass is 9.97. The first kappa shape index (κ1) is 37.8. The molecule has 2 aromatic carbocycles. The van der Waals surface area contributed by atoms with Gasteiger partial charge in [0.1, 0.15) is 30.3 Å². The van der Waals surface area contributed by atoms with Crippen molar-refractivity contribution in [3.8, 4) is 0 Å². The highest BCUT2D eigenvalue weighted by Gasteiger charge is 2.39. The molecular formula is C36H48ClN5O7. The van der Waals surface area contributed by atoms with E-state index in [2.05, 4.69) is 16.0 Å². The van der Waals surface area contributed by atoms with Crippen molar-refractivity contribution < 1.29 is 33.8 Å². The van der Waals surface area contributed by atoms with Gasteiger partial charge in [-0.25, -0.2) is 0 Å². The number of nitrogens with zero attached hydrogens (tertiary/aromatic N) is 2. The molecule has 12 nitrogen and oxygen atoms in total. The van der Waals surface area contributed by atoms with Crippen LogP contribution in [0.5, 0.6) is 0 Å². The lowest BCUT2D eigenvalue weighted by Crippen LogP contribution is -2.60. The fourth-order valence-corrected chi connectivity index (χ4v) is 6.20. The van der Waals surface area contributed by atoms with Gasteiger partial charge >= 0.3 is 0 Å². The van der Waals surface area contributed by atoms with Crippen molar-refractivity contribution in [2.24, 2.45) is 5.92 Å². The number of fused-ring (bicyclic) bond motifs is 2. The number of aliphatic hydroxyl groups excluding tert-OH is 1. The molecule has 0 aromatic heterocycles. The number of carbonyl (C=O) groups excluding carboxylic acids is 5. The van der Waals surface area contributed by atoms with Crippen molar-refractivity contribution in [1.29, 1.82) is 0 Å². The number of rotatable bonds is 7. The summed E-state index contributed by atoms with van der Waals surface area (Å²) in [5.74, 6) is -2.42. The Hall–Kier alpha value is -4.00. The Kier molecular flexibility index (Phi) is 13.6. The first-order valence-corrected chi connectivity index (χ1v) is 17.2. The van der Waals surface area contributed by atoms with Crippen LogP contribution in [0.1, 0.15) is 51.2 Å². The molecule has 0 saturated carbocycles. The van der Waals surface area contributed by atoms with Gasteiger partial charge in [-0.15, -0.1) is 0 Å². The topological polar surface area (TPSA) is 157 Å². The van der Waals surface area contributed by atoms with Gasteiger partial charge in [-0.3, -0.25) is 24.0 Å². The fraction of sp³-hybridized carbons (Fsp3) is 0.528. The number of benzene rings is 2. The number of aliphatic hydroxyl groups is 1. The molecule has 6 atom stereocenters. The molecule has 0 radical (unpaired) electrons. The third-order valence-electron chi connectivity index (χ3n) is 9.07. The second kappa shape index (κ2) is 17.6. The van der Waals surface area contributed by atoms with Crippen molar-refractivity contribution in [2.75, 3.05) is 26.7 Å². The van der Waals surface area contributed by atoms with Gasteiger partial charge in [0, 0.05) is 31.5 Å². The number of ether oxygens (including phenoxy) is 1. The first-order chi connectivity index (χ1) is 23.3. The molecule has 266 valence electrons. The average molecular weight is 698 g/mol. The molecule has 2 aliphatic rings. The molecule has 2 aliphatic heterocycles. The summed E-state index contributed by atoms with van der Waals surface area (Å²) in [5, 5.41) is 20.5. The normalized spacial score (nSPS) is 26.1. The smallest absolute Gasteiger partial charge is 0.245 e. The number of hydrogen-bond donors (Lipinski definition) is 4. The lowest BCUT2D eigenvalue weighted by molar-refractivity contribution is -0.145. The average Bonchev–Trinajstić information content (AvgIpc) is 3.07. The molecule has 0 aliphatic carbocycles. The summed E-state index contributed by atoms with van der Waals surface area (Å²) in [5.41, 5.74) is 1.70. The predicted molar refractivity (Wildman–Crippen MR) is 184 cm³/mol. The highest BCUT2D eigenvalue weighted by Crippen LogP contribution is 2.19. The van der Waals surface area contributed by atoms with E-state index in [9.17, 15) is 29.1 Å². The van der Waals surface area contributed by atoms with Crippen LogP contribution in [0.4, 0.5) is 0 Å². The monoisotopic (exact) mass is 697 g/mol. The minimum atomic E-state index is -1.21. The maximum atomic E-state index is 13.8. The molecular weight excluding hydrogens is 650 g/mol. The summed E-state index contributed by atoms with van der Waals surface area (Å²) in [7, 11) is 1.48. The van der Waals surface area contributed by atoms with Crippen LogP contribution in [0.2, 0.25) is 5.02 Å².